The molecule has 0 aromatic carbocycles. The van der Waals surface area contributed by atoms with E-state index in [1.807, 2.05) is 6.92 Å². The molecule has 1 fully saturated rings. The minimum absolute atomic E-state index is 0.0674. The molecule has 0 radical (unpaired) electrons. The van der Waals surface area contributed by atoms with Crippen molar-refractivity contribution in [2.24, 2.45) is 16.6 Å². The molecule has 0 spiro atoms. The first-order valence-corrected chi connectivity index (χ1v) is 5.71. The number of guanidine groups is 1. The van der Waals surface area contributed by atoms with Crippen LogP contribution in [-0.2, 0) is 0 Å². The fourth-order valence-electron chi connectivity index (χ4n) is 1.89. The number of nitrogens with two attached hydrogens (primary N) is 1. The highest BCUT2D eigenvalue weighted by molar-refractivity contribution is 5.78. The van der Waals surface area contributed by atoms with Gasteiger partial charge in [-0.15, -0.1) is 6.42 Å². The molecule has 0 saturated carbocycles. The van der Waals surface area contributed by atoms with Gasteiger partial charge in [0.1, 0.15) is 6.04 Å². The Labute approximate surface area is 92.7 Å². The molecule has 1 heterocycles. The van der Waals surface area contributed by atoms with Crippen LogP contribution in [0.3, 0.4) is 0 Å². The molecule has 1 rings (SSSR count). The summed E-state index contributed by atoms with van der Waals surface area (Å²) in [6.45, 7) is 6.30. The van der Waals surface area contributed by atoms with E-state index in [1.165, 1.54) is 12.8 Å². The first kappa shape index (κ1) is 11.9. The number of hydrogen-bond acceptors (Lipinski definition) is 1. The van der Waals surface area contributed by atoms with Crippen LogP contribution >= 0.6 is 0 Å². The van der Waals surface area contributed by atoms with Gasteiger partial charge in [0.25, 0.3) is 0 Å². The Balaban J connectivity index is 2.58. The lowest BCUT2D eigenvalue weighted by molar-refractivity contribution is 0.270. The van der Waals surface area contributed by atoms with Crippen LogP contribution in [0.25, 0.3) is 0 Å². The summed E-state index contributed by atoms with van der Waals surface area (Å²) in [6.07, 6.45) is 8.69. The van der Waals surface area contributed by atoms with E-state index in [2.05, 4.69) is 22.7 Å². The third-order valence-electron chi connectivity index (χ3n) is 2.85. The Morgan fingerprint density at radius 3 is 3.00 bits per heavy atom. The van der Waals surface area contributed by atoms with Gasteiger partial charge < -0.3 is 10.6 Å². The monoisotopic (exact) mass is 207 g/mol. The van der Waals surface area contributed by atoms with E-state index in [-0.39, 0.29) is 6.04 Å². The fourth-order valence-corrected chi connectivity index (χ4v) is 1.89. The molecule has 0 bridgehead atoms. The zero-order valence-electron chi connectivity index (χ0n) is 9.74. The van der Waals surface area contributed by atoms with Gasteiger partial charge in [-0.25, -0.2) is 4.99 Å². The minimum atomic E-state index is -0.0674. The summed E-state index contributed by atoms with van der Waals surface area (Å²) in [4.78, 5) is 6.50. The molecule has 1 aliphatic rings. The number of nitrogens with zero attached hydrogens (tertiary/aromatic N) is 2. The summed E-state index contributed by atoms with van der Waals surface area (Å²) in [5.74, 6) is 3.96. The van der Waals surface area contributed by atoms with E-state index in [0.717, 1.165) is 19.5 Å². The number of hydrogen-bond donors (Lipinski definition) is 1. The third kappa shape index (κ3) is 3.47. The van der Waals surface area contributed by atoms with E-state index >= 15 is 0 Å². The van der Waals surface area contributed by atoms with E-state index < -0.39 is 0 Å². The van der Waals surface area contributed by atoms with Crippen molar-refractivity contribution >= 4 is 5.96 Å². The van der Waals surface area contributed by atoms with Crippen LogP contribution in [-0.4, -0.2) is 30.0 Å². The number of piperidine rings is 1. The highest BCUT2D eigenvalue weighted by Crippen LogP contribution is 2.15. The molecule has 2 unspecified atom stereocenters. The maximum atomic E-state index is 5.94. The van der Waals surface area contributed by atoms with Crippen LogP contribution < -0.4 is 5.73 Å². The lowest BCUT2D eigenvalue weighted by atomic mass is 10.0. The topological polar surface area (TPSA) is 41.6 Å². The van der Waals surface area contributed by atoms with Crippen LogP contribution in [0.15, 0.2) is 4.99 Å². The van der Waals surface area contributed by atoms with Gasteiger partial charge in [0.2, 0.25) is 0 Å². The molecule has 2 N–H and O–H groups in total. The van der Waals surface area contributed by atoms with Crippen molar-refractivity contribution in [3.8, 4) is 12.3 Å². The molecule has 0 aliphatic carbocycles. The largest absolute Gasteiger partial charge is 0.370 e. The molecular formula is C12H21N3. The summed E-state index contributed by atoms with van der Waals surface area (Å²) in [6, 6.07) is -0.0674. The van der Waals surface area contributed by atoms with Crippen LogP contribution in [0.4, 0.5) is 0 Å². The van der Waals surface area contributed by atoms with Crippen molar-refractivity contribution in [2.45, 2.75) is 39.2 Å². The second kappa shape index (κ2) is 5.65. The molecule has 15 heavy (non-hydrogen) atoms. The molecule has 84 valence electrons. The van der Waals surface area contributed by atoms with Gasteiger partial charge in [0.05, 0.1) is 0 Å². The van der Waals surface area contributed by atoms with E-state index in [1.54, 1.807) is 0 Å². The number of aliphatic imine (C=N–C) groups is 1. The zero-order valence-corrected chi connectivity index (χ0v) is 9.74. The third-order valence-corrected chi connectivity index (χ3v) is 2.85. The predicted molar refractivity (Wildman–Crippen MR) is 64.5 cm³/mol. The second-order valence-electron chi connectivity index (χ2n) is 4.27. The molecule has 0 amide bonds. The van der Waals surface area contributed by atoms with Gasteiger partial charge >= 0.3 is 0 Å². The first-order chi connectivity index (χ1) is 7.17. The maximum Gasteiger partial charge on any atom is 0.192 e. The quantitative estimate of drug-likeness (QED) is 0.423. The zero-order chi connectivity index (χ0) is 11.3. The van der Waals surface area contributed by atoms with Crippen LogP contribution in [0.5, 0.6) is 0 Å². The van der Waals surface area contributed by atoms with Crippen molar-refractivity contribution < 1.29 is 0 Å². The summed E-state index contributed by atoms with van der Waals surface area (Å²) in [5.41, 5.74) is 5.94. The summed E-state index contributed by atoms with van der Waals surface area (Å²) in [5, 5.41) is 0. The van der Waals surface area contributed by atoms with Crippen molar-refractivity contribution in [1.29, 1.82) is 0 Å². The van der Waals surface area contributed by atoms with Crippen molar-refractivity contribution in [2.75, 3.05) is 13.1 Å². The van der Waals surface area contributed by atoms with Crippen LogP contribution in [0, 0.1) is 18.3 Å². The molecule has 3 nitrogen and oxygen atoms in total. The van der Waals surface area contributed by atoms with E-state index in [0.29, 0.717) is 11.9 Å². The van der Waals surface area contributed by atoms with Gasteiger partial charge in [-0.2, -0.15) is 0 Å². The predicted octanol–water partition coefficient (Wildman–Crippen LogP) is 1.44. The summed E-state index contributed by atoms with van der Waals surface area (Å²) in [7, 11) is 0. The van der Waals surface area contributed by atoms with Gasteiger partial charge in [-0.3, -0.25) is 0 Å². The van der Waals surface area contributed by atoms with Gasteiger partial charge in [0.15, 0.2) is 5.96 Å². The Kier molecular flexibility index (Phi) is 4.48. The lowest BCUT2D eigenvalue weighted by Crippen LogP contribution is -2.44. The molecule has 1 aliphatic heterocycles. The first-order valence-electron chi connectivity index (χ1n) is 5.71. The Morgan fingerprint density at radius 1 is 1.73 bits per heavy atom. The van der Waals surface area contributed by atoms with Gasteiger partial charge in [0, 0.05) is 13.1 Å². The fraction of sp³-hybridized carbons (Fsp3) is 0.750. The van der Waals surface area contributed by atoms with Crippen LogP contribution in [0.2, 0.25) is 0 Å². The molecular weight excluding hydrogens is 186 g/mol. The van der Waals surface area contributed by atoms with Crippen molar-refractivity contribution in [3.63, 3.8) is 0 Å². The average Bonchev–Trinajstić information content (AvgIpc) is 2.25. The molecule has 1 saturated heterocycles. The SMILES string of the molecule is C#CC(CC)N=C(N)N1CCCC(C)C1. The van der Waals surface area contributed by atoms with E-state index in [4.69, 9.17) is 12.2 Å². The number of likely N-dealkylation sites (tertiary alicyclic amines) is 1. The number of terminal acetylenes is 1. The summed E-state index contributed by atoms with van der Waals surface area (Å²) < 4.78 is 0. The van der Waals surface area contributed by atoms with Crippen LogP contribution in [0.1, 0.15) is 33.1 Å². The molecule has 0 aromatic heterocycles. The normalized spacial score (nSPS) is 24.7. The highest BCUT2D eigenvalue weighted by Gasteiger charge is 2.18. The highest BCUT2D eigenvalue weighted by atomic mass is 15.3. The average molecular weight is 207 g/mol. The maximum absolute atomic E-state index is 5.94. The molecule has 0 aromatic rings. The van der Waals surface area contributed by atoms with E-state index in [9.17, 15) is 0 Å². The van der Waals surface area contributed by atoms with Crippen molar-refractivity contribution in [1.82, 2.24) is 4.90 Å². The Hall–Kier alpha value is -1.17. The smallest absolute Gasteiger partial charge is 0.192 e. The second-order valence-corrected chi connectivity index (χ2v) is 4.27. The molecule has 2 atom stereocenters. The lowest BCUT2D eigenvalue weighted by Gasteiger charge is -2.31. The molecule has 3 heteroatoms. The Morgan fingerprint density at radius 2 is 2.47 bits per heavy atom. The number of rotatable bonds is 2. The Bertz CT molecular complexity index is 265. The van der Waals surface area contributed by atoms with Crippen molar-refractivity contribution in [3.05, 3.63) is 0 Å². The standard InChI is InChI=1S/C12H21N3/c1-4-11(5-2)14-12(13)15-8-6-7-10(3)9-15/h1,10-11H,5-9H2,2-3H3,(H2,13,14). The van der Waals surface area contributed by atoms with Gasteiger partial charge in [-0.1, -0.05) is 19.8 Å². The van der Waals surface area contributed by atoms with Gasteiger partial charge in [-0.05, 0) is 25.2 Å². The summed E-state index contributed by atoms with van der Waals surface area (Å²) >= 11 is 0. The minimum Gasteiger partial charge on any atom is -0.370 e.